The van der Waals surface area contributed by atoms with Crippen LogP contribution >= 0.6 is 11.6 Å². The Labute approximate surface area is 125 Å². The van der Waals surface area contributed by atoms with Gasteiger partial charge in [-0.25, -0.2) is 0 Å². The van der Waals surface area contributed by atoms with Gasteiger partial charge in [-0.05, 0) is 48.1 Å². The fourth-order valence-electron chi connectivity index (χ4n) is 2.33. The van der Waals surface area contributed by atoms with Gasteiger partial charge in [0.2, 0.25) is 0 Å². The Morgan fingerprint density at radius 2 is 1.75 bits per heavy atom. The molecule has 1 unspecified atom stereocenters. The quantitative estimate of drug-likeness (QED) is 0.814. The van der Waals surface area contributed by atoms with Crippen LogP contribution in [0.1, 0.15) is 11.1 Å². The van der Waals surface area contributed by atoms with Gasteiger partial charge < -0.3 is 9.84 Å². The predicted octanol–water partition coefficient (Wildman–Crippen LogP) is 4.04. The maximum atomic E-state index is 9.31. The molecule has 20 heavy (non-hydrogen) atoms. The van der Waals surface area contributed by atoms with Crippen LogP contribution in [0.15, 0.2) is 48.5 Å². The fourth-order valence-corrected chi connectivity index (χ4v) is 2.55. The van der Waals surface area contributed by atoms with Crippen molar-refractivity contribution in [2.45, 2.75) is 12.8 Å². The number of halogens is 1. The molecule has 0 bridgehead atoms. The molecule has 1 atom stereocenters. The second-order valence-corrected chi connectivity index (χ2v) is 5.22. The van der Waals surface area contributed by atoms with Gasteiger partial charge in [0.1, 0.15) is 11.5 Å². The summed E-state index contributed by atoms with van der Waals surface area (Å²) in [6, 6.07) is 15.3. The number of aromatic hydroxyl groups is 1. The molecule has 2 rings (SSSR count). The van der Waals surface area contributed by atoms with Crippen molar-refractivity contribution in [3.63, 3.8) is 0 Å². The van der Waals surface area contributed by atoms with E-state index < -0.39 is 0 Å². The zero-order valence-electron chi connectivity index (χ0n) is 11.6. The second-order valence-electron chi connectivity index (χ2n) is 4.91. The molecule has 0 aliphatic rings. The van der Waals surface area contributed by atoms with Crippen LogP contribution in [0.4, 0.5) is 0 Å². The molecule has 0 spiro atoms. The van der Waals surface area contributed by atoms with E-state index in [1.165, 1.54) is 11.1 Å². The Kier molecular flexibility index (Phi) is 5.31. The molecular formula is C17H19ClO2. The van der Waals surface area contributed by atoms with E-state index in [0.717, 1.165) is 18.6 Å². The number of phenolic OH excluding ortho intramolecular Hbond substituents is 1. The monoisotopic (exact) mass is 290 g/mol. The van der Waals surface area contributed by atoms with E-state index in [1.807, 2.05) is 30.3 Å². The van der Waals surface area contributed by atoms with Crippen LogP contribution in [-0.2, 0) is 12.8 Å². The van der Waals surface area contributed by atoms with Gasteiger partial charge in [0.05, 0.1) is 7.11 Å². The molecule has 0 aliphatic carbocycles. The molecule has 0 saturated carbocycles. The van der Waals surface area contributed by atoms with Crippen LogP contribution in [0.5, 0.6) is 11.5 Å². The van der Waals surface area contributed by atoms with Crippen molar-refractivity contribution in [3.8, 4) is 11.5 Å². The minimum atomic E-state index is 0.293. The first-order chi connectivity index (χ1) is 9.72. The maximum absolute atomic E-state index is 9.31. The second kappa shape index (κ2) is 7.20. The molecule has 0 saturated heterocycles. The number of benzene rings is 2. The van der Waals surface area contributed by atoms with E-state index in [-0.39, 0.29) is 0 Å². The Balaban J connectivity index is 2.07. The zero-order chi connectivity index (χ0) is 14.4. The van der Waals surface area contributed by atoms with Gasteiger partial charge in [0.15, 0.2) is 0 Å². The number of methoxy groups -OCH3 is 1. The normalized spacial score (nSPS) is 12.1. The summed E-state index contributed by atoms with van der Waals surface area (Å²) in [4.78, 5) is 0. The number of hydrogen-bond acceptors (Lipinski definition) is 2. The molecule has 0 radical (unpaired) electrons. The SMILES string of the molecule is COc1ccccc1CC(CCl)Cc1ccc(O)cc1. The van der Waals surface area contributed by atoms with Crippen LogP contribution in [-0.4, -0.2) is 18.1 Å². The highest BCUT2D eigenvalue weighted by molar-refractivity contribution is 6.18. The first-order valence-electron chi connectivity index (χ1n) is 6.68. The Morgan fingerprint density at radius 3 is 2.40 bits per heavy atom. The van der Waals surface area contributed by atoms with Crippen LogP contribution in [0.25, 0.3) is 0 Å². The lowest BCUT2D eigenvalue weighted by molar-refractivity contribution is 0.405. The molecule has 2 aromatic carbocycles. The molecule has 0 amide bonds. The summed E-state index contributed by atoms with van der Waals surface area (Å²) in [6.45, 7) is 0. The van der Waals surface area contributed by atoms with Gasteiger partial charge in [0.25, 0.3) is 0 Å². The summed E-state index contributed by atoms with van der Waals surface area (Å²) in [5.74, 6) is 2.14. The standard InChI is InChI=1S/C17H19ClO2/c1-20-17-5-3-2-4-15(17)11-14(12-18)10-13-6-8-16(19)9-7-13/h2-9,14,19H,10-12H2,1H3. The lowest BCUT2D eigenvalue weighted by Gasteiger charge is -2.16. The first kappa shape index (κ1) is 14.7. The van der Waals surface area contributed by atoms with E-state index in [2.05, 4.69) is 6.07 Å². The summed E-state index contributed by atoms with van der Waals surface area (Å²) in [5.41, 5.74) is 2.36. The minimum absolute atomic E-state index is 0.293. The number of phenols is 1. The lowest BCUT2D eigenvalue weighted by Crippen LogP contribution is -2.11. The summed E-state index contributed by atoms with van der Waals surface area (Å²) in [6.07, 6.45) is 1.77. The molecule has 0 fully saturated rings. The Bertz CT molecular complexity index is 537. The van der Waals surface area contributed by atoms with Crippen LogP contribution in [0.3, 0.4) is 0 Å². The van der Waals surface area contributed by atoms with Crippen LogP contribution < -0.4 is 4.74 Å². The number of para-hydroxylation sites is 1. The number of alkyl halides is 1. The zero-order valence-corrected chi connectivity index (χ0v) is 12.3. The maximum Gasteiger partial charge on any atom is 0.122 e. The van der Waals surface area contributed by atoms with Crippen molar-refractivity contribution in [1.29, 1.82) is 0 Å². The van der Waals surface area contributed by atoms with E-state index >= 15 is 0 Å². The molecule has 0 heterocycles. The molecule has 2 aromatic rings. The third kappa shape index (κ3) is 3.91. The summed E-state index contributed by atoms with van der Waals surface area (Å²) >= 11 is 6.10. The summed E-state index contributed by atoms with van der Waals surface area (Å²) in [7, 11) is 1.69. The average Bonchev–Trinajstić information content (AvgIpc) is 2.49. The molecule has 1 N–H and O–H groups in total. The highest BCUT2D eigenvalue weighted by Gasteiger charge is 2.12. The molecule has 0 aliphatic heterocycles. The van der Waals surface area contributed by atoms with Crippen LogP contribution in [0.2, 0.25) is 0 Å². The Hall–Kier alpha value is -1.67. The van der Waals surface area contributed by atoms with Crippen molar-refractivity contribution < 1.29 is 9.84 Å². The highest BCUT2D eigenvalue weighted by atomic mass is 35.5. The first-order valence-corrected chi connectivity index (χ1v) is 7.22. The lowest BCUT2D eigenvalue weighted by atomic mass is 9.93. The average molecular weight is 291 g/mol. The van der Waals surface area contributed by atoms with Gasteiger partial charge in [-0.2, -0.15) is 0 Å². The molecule has 106 valence electrons. The fraction of sp³-hybridized carbons (Fsp3) is 0.294. The Morgan fingerprint density at radius 1 is 1.05 bits per heavy atom. The largest absolute Gasteiger partial charge is 0.508 e. The molecular weight excluding hydrogens is 272 g/mol. The minimum Gasteiger partial charge on any atom is -0.508 e. The number of hydrogen-bond donors (Lipinski definition) is 1. The van der Waals surface area contributed by atoms with E-state index in [0.29, 0.717) is 17.5 Å². The molecule has 0 aromatic heterocycles. The van der Waals surface area contributed by atoms with Crippen molar-refractivity contribution in [2.24, 2.45) is 5.92 Å². The summed E-state index contributed by atoms with van der Waals surface area (Å²) in [5, 5.41) is 9.31. The number of rotatable bonds is 6. The van der Waals surface area contributed by atoms with Crippen molar-refractivity contribution in [2.75, 3.05) is 13.0 Å². The van der Waals surface area contributed by atoms with Crippen molar-refractivity contribution in [3.05, 3.63) is 59.7 Å². The van der Waals surface area contributed by atoms with Crippen molar-refractivity contribution >= 4 is 11.6 Å². The van der Waals surface area contributed by atoms with E-state index in [1.54, 1.807) is 19.2 Å². The van der Waals surface area contributed by atoms with Crippen LogP contribution in [0, 0.1) is 5.92 Å². The molecule has 2 nitrogen and oxygen atoms in total. The topological polar surface area (TPSA) is 29.5 Å². The van der Waals surface area contributed by atoms with Crippen molar-refractivity contribution in [1.82, 2.24) is 0 Å². The summed E-state index contributed by atoms with van der Waals surface area (Å²) < 4.78 is 5.38. The smallest absolute Gasteiger partial charge is 0.122 e. The van der Waals surface area contributed by atoms with E-state index in [9.17, 15) is 5.11 Å². The third-order valence-corrected chi connectivity index (χ3v) is 3.82. The predicted molar refractivity (Wildman–Crippen MR) is 82.7 cm³/mol. The molecule has 3 heteroatoms. The van der Waals surface area contributed by atoms with Gasteiger partial charge >= 0.3 is 0 Å². The van der Waals surface area contributed by atoms with Gasteiger partial charge in [0, 0.05) is 5.88 Å². The van der Waals surface area contributed by atoms with Gasteiger partial charge in [-0.15, -0.1) is 11.6 Å². The van der Waals surface area contributed by atoms with Gasteiger partial charge in [-0.1, -0.05) is 30.3 Å². The highest BCUT2D eigenvalue weighted by Crippen LogP contribution is 2.24. The van der Waals surface area contributed by atoms with E-state index in [4.69, 9.17) is 16.3 Å². The van der Waals surface area contributed by atoms with Gasteiger partial charge in [-0.3, -0.25) is 0 Å². The third-order valence-electron chi connectivity index (χ3n) is 3.38. The number of ether oxygens (including phenoxy) is 1.